The van der Waals surface area contributed by atoms with Crippen molar-refractivity contribution in [3.05, 3.63) is 29.8 Å². The summed E-state index contributed by atoms with van der Waals surface area (Å²) in [7, 11) is -3.22. The molecule has 0 unspecified atom stereocenters. The Labute approximate surface area is 126 Å². The zero-order valence-electron chi connectivity index (χ0n) is 12.7. The van der Waals surface area contributed by atoms with E-state index in [1.165, 1.54) is 6.26 Å². The zero-order chi connectivity index (χ0) is 16.1. The van der Waals surface area contributed by atoms with E-state index in [9.17, 15) is 18.3 Å². The van der Waals surface area contributed by atoms with Gasteiger partial charge >= 0.3 is 5.97 Å². The van der Waals surface area contributed by atoms with Gasteiger partial charge in [-0.05, 0) is 30.5 Å². The van der Waals surface area contributed by atoms with Crippen LogP contribution in [-0.2, 0) is 21.2 Å². The molecule has 0 radical (unpaired) electrons. The Morgan fingerprint density at radius 3 is 2.38 bits per heavy atom. The number of carbonyl (C=O) groups is 1. The van der Waals surface area contributed by atoms with Crippen LogP contribution in [-0.4, -0.2) is 32.3 Å². The van der Waals surface area contributed by atoms with Crippen molar-refractivity contribution in [2.75, 3.05) is 12.8 Å². The van der Waals surface area contributed by atoms with E-state index < -0.39 is 21.2 Å². The van der Waals surface area contributed by atoms with Crippen LogP contribution in [0.15, 0.2) is 29.2 Å². The maximum absolute atomic E-state index is 11.5. The fraction of sp³-hybridized carbons (Fsp3) is 0.533. The number of sulfone groups is 1. The molecule has 2 N–H and O–H groups in total. The molecule has 0 amide bonds. The second-order valence-corrected chi connectivity index (χ2v) is 7.33. The lowest BCUT2D eigenvalue weighted by molar-refractivity contribution is -0.149. The van der Waals surface area contributed by atoms with E-state index in [0.717, 1.165) is 5.56 Å². The van der Waals surface area contributed by atoms with Crippen LogP contribution in [0.3, 0.4) is 0 Å². The van der Waals surface area contributed by atoms with Crippen LogP contribution >= 0.6 is 0 Å². The van der Waals surface area contributed by atoms with Crippen LogP contribution in [0, 0.1) is 5.41 Å². The van der Waals surface area contributed by atoms with Crippen LogP contribution in [0.1, 0.15) is 32.3 Å². The number of hydrogen-bond acceptors (Lipinski definition) is 4. The number of rotatable bonds is 8. The summed E-state index contributed by atoms with van der Waals surface area (Å²) in [6.07, 6.45) is 2.27. The third kappa shape index (κ3) is 4.54. The zero-order valence-corrected chi connectivity index (χ0v) is 13.5. The maximum Gasteiger partial charge on any atom is 0.310 e. The molecule has 6 heteroatoms. The first-order valence-electron chi connectivity index (χ1n) is 6.98. The van der Waals surface area contributed by atoms with Crippen LogP contribution in [0.25, 0.3) is 0 Å². The molecule has 1 rings (SSSR count). The van der Waals surface area contributed by atoms with Gasteiger partial charge in [-0.2, -0.15) is 0 Å². The van der Waals surface area contributed by atoms with Crippen LogP contribution in [0.2, 0.25) is 0 Å². The van der Waals surface area contributed by atoms with E-state index in [1.54, 1.807) is 18.2 Å². The minimum atomic E-state index is -3.22. The number of benzene rings is 1. The van der Waals surface area contributed by atoms with Gasteiger partial charge in [-0.1, -0.05) is 26.0 Å². The summed E-state index contributed by atoms with van der Waals surface area (Å²) in [6, 6.07) is 6.68. The highest BCUT2D eigenvalue weighted by atomic mass is 32.2. The Morgan fingerprint density at radius 2 is 1.90 bits per heavy atom. The van der Waals surface area contributed by atoms with Gasteiger partial charge in [0.05, 0.1) is 10.3 Å². The average Bonchev–Trinajstić information content (AvgIpc) is 2.43. The summed E-state index contributed by atoms with van der Waals surface area (Å²) >= 11 is 0. The number of hydrogen-bond donors (Lipinski definition) is 2. The Kier molecular flexibility index (Phi) is 5.92. The van der Waals surface area contributed by atoms with E-state index in [0.29, 0.717) is 25.9 Å². The van der Waals surface area contributed by atoms with Gasteiger partial charge in [0.2, 0.25) is 0 Å². The number of carboxylic acids is 1. The molecule has 0 saturated heterocycles. The lowest BCUT2D eigenvalue weighted by atomic mass is 9.82. The topological polar surface area (TPSA) is 83.5 Å². The maximum atomic E-state index is 11.5. The molecule has 118 valence electrons. The molecule has 0 heterocycles. The van der Waals surface area contributed by atoms with Crippen LogP contribution in [0.4, 0.5) is 0 Å². The number of aliphatic carboxylic acids is 1. The summed E-state index contributed by atoms with van der Waals surface area (Å²) in [5, 5.41) is 12.5. The minimum absolute atomic E-state index is 0.275. The predicted molar refractivity (Wildman–Crippen MR) is 81.9 cm³/mol. The molecule has 0 aliphatic carbocycles. The monoisotopic (exact) mass is 313 g/mol. The van der Waals surface area contributed by atoms with Crippen molar-refractivity contribution >= 4 is 15.8 Å². The molecular formula is C15H23NO4S. The number of nitrogens with one attached hydrogen (secondary N) is 1. The molecule has 1 aromatic rings. The van der Waals surface area contributed by atoms with E-state index in [2.05, 4.69) is 5.32 Å². The molecular weight excluding hydrogens is 290 g/mol. The largest absolute Gasteiger partial charge is 0.481 e. The molecule has 0 fully saturated rings. The molecule has 0 saturated carbocycles. The van der Waals surface area contributed by atoms with Crippen molar-refractivity contribution in [2.24, 2.45) is 5.41 Å². The van der Waals surface area contributed by atoms with Gasteiger partial charge < -0.3 is 10.4 Å². The van der Waals surface area contributed by atoms with E-state index >= 15 is 0 Å². The first-order chi connectivity index (χ1) is 9.75. The molecule has 0 aliphatic heterocycles. The summed E-state index contributed by atoms with van der Waals surface area (Å²) in [4.78, 5) is 11.7. The summed E-state index contributed by atoms with van der Waals surface area (Å²) < 4.78 is 23.0. The van der Waals surface area contributed by atoms with E-state index in [-0.39, 0.29) is 4.90 Å². The first-order valence-corrected chi connectivity index (χ1v) is 8.87. The molecule has 1 aromatic carbocycles. The lowest BCUT2D eigenvalue weighted by Crippen LogP contribution is -2.40. The highest BCUT2D eigenvalue weighted by Gasteiger charge is 2.34. The standard InChI is InChI=1S/C15H23NO4S/c1-4-15(5-2,14(17)18)11-16-10-12-7-6-8-13(9-12)21(3,19)20/h6-9,16H,4-5,10-11H2,1-3H3,(H,17,18). The molecule has 0 aromatic heterocycles. The van der Waals surface area contributed by atoms with Gasteiger partial charge in [0, 0.05) is 19.3 Å². The summed E-state index contributed by atoms with van der Waals surface area (Å²) in [5.74, 6) is -0.801. The highest BCUT2D eigenvalue weighted by Crippen LogP contribution is 2.25. The quantitative estimate of drug-likeness (QED) is 0.767. The van der Waals surface area contributed by atoms with Crippen molar-refractivity contribution in [3.8, 4) is 0 Å². The minimum Gasteiger partial charge on any atom is -0.481 e. The Morgan fingerprint density at radius 1 is 1.29 bits per heavy atom. The van der Waals surface area contributed by atoms with Crippen LogP contribution in [0.5, 0.6) is 0 Å². The van der Waals surface area contributed by atoms with E-state index in [1.807, 2.05) is 19.9 Å². The third-order valence-corrected chi connectivity index (χ3v) is 5.04. The first kappa shape index (κ1) is 17.7. The highest BCUT2D eigenvalue weighted by molar-refractivity contribution is 7.90. The van der Waals surface area contributed by atoms with Crippen molar-refractivity contribution in [3.63, 3.8) is 0 Å². The van der Waals surface area contributed by atoms with Gasteiger partial charge in [-0.3, -0.25) is 4.79 Å². The van der Waals surface area contributed by atoms with Gasteiger partial charge in [0.25, 0.3) is 0 Å². The van der Waals surface area contributed by atoms with Crippen molar-refractivity contribution in [2.45, 2.75) is 38.1 Å². The van der Waals surface area contributed by atoms with Crippen molar-refractivity contribution in [1.29, 1.82) is 0 Å². The van der Waals surface area contributed by atoms with Crippen LogP contribution < -0.4 is 5.32 Å². The van der Waals surface area contributed by atoms with Gasteiger partial charge in [0.1, 0.15) is 0 Å². The predicted octanol–water partition coefficient (Wildman–Crippen LogP) is 2.07. The molecule has 0 aliphatic rings. The fourth-order valence-corrected chi connectivity index (χ4v) is 2.90. The summed E-state index contributed by atoms with van der Waals surface area (Å²) in [6.45, 7) is 4.53. The SMILES string of the molecule is CCC(CC)(CNCc1cccc(S(C)(=O)=O)c1)C(=O)O. The molecule has 5 nitrogen and oxygen atoms in total. The molecule has 0 atom stereocenters. The summed E-state index contributed by atoms with van der Waals surface area (Å²) in [5.41, 5.74) is 0.0541. The Bertz CT molecular complexity index is 591. The van der Waals surface area contributed by atoms with Crippen molar-refractivity contribution < 1.29 is 18.3 Å². The Balaban J connectivity index is 2.74. The van der Waals surface area contributed by atoms with Gasteiger partial charge in [-0.15, -0.1) is 0 Å². The molecule has 0 bridgehead atoms. The normalized spacial score (nSPS) is 12.3. The lowest BCUT2D eigenvalue weighted by Gasteiger charge is -2.27. The smallest absolute Gasteiger partial charge is 0.310 e. The fourth-order valence-electron chi connectivity index (χ4n) is 2.21. The van der Waals surface area contributed by atoms with E-state index in [4.69, 9.17) is 0 Å². The van der Waals surface area contributed by atoms with Gasteiger partial charge in [-0.25, -0.2) is 8.42 Å². The number of carboxylic acid groups (broad SMARTS) is 1. The average molecular weight is 313 g/mol. The Hall–Kier alpha value is -1.40. The van der Waals surface area contributed by atoms with Crippen molar-refractivity contribution in [1.82, 2.24) is 5.32 Å². The second kappa shape index (κ2) is 7.04. The molecule has 21 heavy (non-hydrogen) atoms. The second-order valence-electron chi connectivity index (χ2n) is 5.32. The third-order valence-electron chi connectivity index (χ3n) is 3.93. The molecule has 0 spiro atoms. The van der Waals surface area contributed by atoms with Gasteiger partial charge in [0.15, 0.2) is 9.84 Å².